The molecule has 0 bridgehead atoms. The molecule has 0 aromatic carbocycles. The maximum absolute atomic E-state index is 12.2. The van der Waals surface area contributed by atoms with Gasteiger partial charge < -0.3 is 20.2 Å². The van der Waals surface area contributed by atoms with Gasteiger partial charge in [-0.25, -0.2) is 14.6 Å². The van der Waals surface area contributed by atoms with Crippen LogP contribution in [0.3, 0.4) is 0 Å². The molecule has 1 saturated heterocycles. The summed E-state index contributed by atoms with van der Waals surface area (Å²) in [4.78, 5) is 31.0. The van der Waals surface area contributed by atoms with Crippen molar-refractivity contribution in [3.8, 4) is 0 Å². The van der Waals surface area contributed by atoms with E-state index in [-0.39, 0.29) is 24.3 Å². The average molecular weight is 312 g/mol. The Bertz CT molecular complexity index is 519. The molecule has 0 saturated carbocycles. The van der Waals surface area contributed by atoms with E-state index in [9.17, 15) is 9.59 Å². The SMILES string of the molecule is CC1CN(C)CCCN1C(=O)NCc1nc(C(=O)O)cs1. The van der Waals surface area contributed by atoms with Crippen molar-refractivity contribution in [1.82, 2.24) is 20.1 Å². The lowest BCUT2D eigenvalue weighted by Gasteiger charge is -2.28. The highest BCUT2D eigenvalue weighted by Crippen LogP contribution is 2.11. The van der Waals surface area contributed by atoms with Crippen LogP contribution in [0.5, 0.6) is 0 Å². The fourth-order valence-electron chi connectivity index (χ4n) is 2.42. The Hall–Kier alpha value is -1.67. The highest BCUT2D eigenvalue weighted by Gasteiger charge is 2.23. The largest absolute Gasteiger partial charge is 0.476 e. The zero-order valence-corrected chi connectivity index (χ0v) is 13.0. The molecule has 116 valence electrons. The summed E-state index contributed by atoms with van der Waals surface area (Å²) in [6.45, 7) is 4.87. The molecule has 1 aromatic rings. The van der Waals surface area contributed by atoms with Crippen molar-refractivity contribution in [2.45, 2.75) is 25.9 Å². The number of carbonyl (C=O) groups excluding carboxylic acids is 1. The summed E-state index contributed by atoms with van der Waals surface area (Å²) in [6, 6.07) is 0.0354. The Kier molecular flexibility index (Phi) is 5.13. The van der Waals surface area contributed by atoms with Crippen LogP contribution in [0.25, 0.3) is 0 Å². The van der Waals surface area contributed by atoms with Gasteiger partial charge in [-0.2, -0.15) is 0 Å². The number of nitrogens with zero attached hydrogens (tertiary/aromatic N) is 3. The predicted molar refractivity (Wildman–Crippen MR) is 79.6 cm³/mol. The van der Waals surface area contributed by atoms with Crippen molar-refractivity contribution in [2.24, 2.45) is 0 Å². The lowest BCUT2D eigenvalue weighted by molar-refractivity contribution is 0.0691. The van der Waals surface area contributed by atoms with E-state index < -0.39 is 5.97 Å². The van der Waals surface area contributed by atoms with Gasteiger partial charge in [0.05, 0.1) is 6.54 Å². The Balaban J connectivity index is 1.89. The molecule has 1 unspecified atom stereocenters. The fraction of sp³-hybridized carbons (Fsp3) is 0.615. The Morgan fingerprint density at radius 2 is 2.29 bits per heavy atom. The molecule has 1 aromatic heterocycles. The maximum atomic E-state index is 12.2. The summed E-state index contributed by atoms with van der Waals surface area (Å²) in [6.07, 6.45) is 0.953. The number of nitrogens with one attached hydrogen (secondary N) is 1. The van der Waals surface area contributed by atoms with Gasteiger partial charge in [0.15, 0.2) is 5.69 Å². The normalized spacial score (nSPS) is 20.1. The van der Waals surface area contributed by atoms with Crippen LogP contribution in [0, 0.1) is 0 Å². The molecule has 7 nitrogen and oxygen atoms in total. The Morgan fingerprint density at radius 3 is 2.95 bits per heavy atom. The molecule has 8 heteroatoms. The van der Waals surface area contributed by atoms with Crippen LogP contribution in [0.1, 0.15) is 28.8 Å². The van der Waals surface area contributed by atoms with Crippen molar-refractivity contribution < 1.29 is 14.7 Å². The van der Waals surface area contributed by atoms with Gasteiger partial charge in [0, 0.05) is 24.5 Å². The summed E-state index contributed by atoms with van der Waals surface area (Å²) >= 11 is 1.24. The summed E-state index contributed by atoms with van der Waals surface area (Å²) in [5.41, 5.74) is 0.0222. The number of carbonyl (C=O) groups is 2. The number of hydrogen-bond acceptors (Lipinski definition) is 5. The topological polar surface area (TPSA) is 85.8 Å². The molecule has 2 amide bonds. The highest BCUT2D eigenvalue weighted by molar-refractivity contribution is 7.09. The van der Waals surface area contributed by atoms with Crippen LogP contribution in [-0.2, 0) is 6.54 Å². The third-order valence-corrected chi connectivity index (χ3v) is 4.32. The number of rotatable bonds is 3. The second-order valence-corrected chi connectivity index (χ2v) is 6.19. The lowest BCUT2D eigenvalue weighted by atomic mass is 10.3. The molecule has 2 rings (SSSR count). The van der Waals surface area contributed by atoms with E-state index in [1.807, 2.05) is 11.8 Å². The standard InChI is InChI=1S/C13H20N4O3S/c1-9-7-16(2)4-3-5-17(9)13(20)14-6-11-15-10(8-21-11)12(18)19/h8-9H,3-7H2,1-2H3,(H,14,20)(H,18,19). The highest BCUT2D eigenvalue weighted by atomic mass is 32.1. The number of urea groups is 1. The summed E-state index contributed by atoms with van der Waals surface area (Å²) in [5, 5.41) is 13.7. The van der Waals surface area contributed by atoms with E-state index in [0.717, 1.165) is 26.1 Å². The van der Waals surface area contributed by atoms with Crippen LogP contribution in [0.2, 0.25) is 0 Å². The Morgan fingerprint density at radius 1 is 1.52 bits per heavy atom. The minimum absolute atomic E-state index is 0.0222. The fourth-order valence-corrected chi connectivity index (χ4v) is 3.12. The predicted octanol–water partition coefficient (Wildman–Crippen LogP) is 1.08. The number of carboxylic acid groups (broad SMARTS) is 1. The van der Waals surface area contributed by atoms with E-state index in [1.54, 1.807) is 0 Å². The van der Waals surface area contributed by atoms with Crippen LogP contribution in [0.4, 0.5) is 4.79 Å². The minimum atomic E-state index is -1.05. The summed E-state index contributed by atoms with van der Waals surface area (Å²) in [7, 11) is 2.06. The Labute approximate surface area is 127 Å². The van der Waals surface area contributed by atoms with Crippen molar-refractivity contribution >= 4 is 23.3 Å². The zero-order chi connectivity index (χ0) is 15.4. The zero-order valence-electron chi connectivity index (χ0n) is 12.2. The van der Waals surface area contributed by atoms with Gasteiger partial charge in [0.2, 0.25) is 0 Å². The quantitative estimate of drug-likeness (QED) is 0.872. The number of amides is 2. The molecule has 0 aliphatic carbocycles. The molecule has 2 heterocycles. The van der Waals surface area contributed by atoms with Gasteiger partial charge in [-0.1, -0.05) is 0 Å². The van der Waals surface area contributed by atoms with Crippen molar-refractivity contribution in [3.05, 3.63) is 16.1 Å². The molecular formula is C13H20N4O3S. The molecule has 1 atom stereocenters. The van der Waals surface area contributed by atoms with Crippen LogP contribution in [0.15, 0.2) is 5.38 Å². The number of aromatic carboxylic acids is 1. The number of aromatic nitrogens is 1. The number of thiazole rings is 1. The van der Waals surface area contributed by atoms with E-state index >= 15 is 0 Å². The van der Waals surface area contributed by atoms with E-state index in [4.69, 9.17) is 5.11 Å². The first-order valence-electron chi connectivity index (χ1n) is 6.88. The first kappa shape index (κ1) is 15.7. The number of carboxylic acids is 1. The molecule has 1 fully saturated rings. The van der Waals surface area contributed by atoms with Gasteiger partial charge in [-0.05, 0) is 26.9 Å². The number of likely N-dealkylation sites (N-methyl/N-ethyl adjacent to an activating group) is 1. The van der Waals surface area contributed by atoms with Crippen molar-refractivity contribution in [1.29, 1.82) is 0 Å². The van der Waals surface area contributed by atoms with E-state index in [1.165, 1.54) is 16.7 Å². The third-order valence-electron chi connectivity index (χ3n) is 3.47. The molecule has 2 N–H and O–H groups in total. The van der Waals surface area contributed by atoms with Gasteiger partial charge in [-0.15, -0.1) is 11.3 Å². The van der Waals surface area contributed by atoms with Crippen molar-refractivity contribution in [3.63, 3.8) is 0 Å². The molecular weight excluding hydrogens is 292 g/mol. The van der Waals surface area contributed by atoms with Gasteiger partial charge in [0.1, 0.15) is 5.01 Å². The maximum Gasteiger partial charge on any atom is 0.355 e. The second kappa shape index (κ2) is 6.86. The van der Waals surface area contributed by atoms with E-state index in [0.29, 0.717) is 5.01 Å². The monoisotopic (exact) mass is 312 g/mol. The summed E-state index contributed by atoms with van der Waals surface area (Å²) < 4.78 is 0. The minimum Gasteiger partial charge on any atom is -0.476 e. The van der Waals surface area contributed by atoms with Gasteiger partial charge >= 0.3 is 12.0 Å². The van der Waals surface area contributed by atoms with Gasteiger partial charge in [0.25, 0.3) is 0 Å². The van der Waals surface area contributed by atoms with Gasteiger partial charge in [-0.3, -0.25) is 0 Å². The molecule has 21 heavy (non-hydrogen) atoms. The van der Waals surface area contributed by atoms with Crippen LogP contribution in [-0.4, -0.2) is 64.6 Å². The van der Waals surface area contributed by atoms with Crippen LogP contribution < -0.4 is 5.32 Å². The smallest absolute Gasteiger partial charge is 0.355 e. The molecule has 1 aliphatic heterocycles. The molecule has 1 aliphatic rings. The summed E-state index contributed by atoms with van der Waals surface area (Å²) in [5.74, 6) is -1.05. The molecule has 0 spiro atoms. The number of hydrogen-bond donors (Lipinski definition) is 2. The van der Waals surface area contributed by atoms with Crippen molar-refractivity contribution in [2.75, 3.05) is 26.7 Å². The third kappa shape index (κ3) is 4.15. The lowest BCUT2D eigenvalue weighted by Crippen LogP contribution is -2.46. The molecule has 0 radical (unpaired) electrons. The first-order valence-corrected chi connectivity index (χ1v) is 7.76. The van der Waals surface area contributed by atoms with Crippen LogP contribution >= 0.6 is 11.3 Å². The second-order valence-electron chi connectivity index (χ2n) is 5.25. The first-order chi connectivity index (χ1) is 9.97. The van der Waals surface area contributed by atoms with E-state index in [2.05, 4.69) is 22.2 Å². The average Bonchev–Trinajstić information content (AvgIpc) is 2.83.